The van der Waals surface area contributed by atoms with E-state index in [1.165, 1.54) is 23.5 Å². The fraction of sp³-hybridized carbons (Fsp3) is 0.316. The number of aromatic amines is 1. The number of H-pyrrole nitrogens is 1. The summed E-state index contributed by atoms with van der Waals surface area (Å²) in [6, 6.07) is 4.63. The van der Waals surface area contributed by atoms with Crippen LogP contribution in [-0.4, -0.2) is 37.6 Å². The number of nitrogens with one attached hydrogen (secondary N) is 2. The molecule has 8 nitrogen and oxygen atoms in total. The summed E-state index contributed by atoms with van der Waals surface area (Å²) in [7, 11) is 0. The van der Waals surface area contributed by atoms with E-state index in [1.54, 1.807) is 6.07 Å². The molecular formula is C19H20F3N5O3S. The van der Waals surface area contributed by atoms with Crippen LogP contribution in [0.1, 0.15) is 44.1 Å². The van der Waals surface area contributed by atoms with Gasteiger partial charge in [-0.25, -0.2) is 4.98 Å². The molecule has 1 unspecified atom stereocenters. The maximum Gasteiger partial charge on any atom is 0.417 e. The number of amides is 1. The number of halogens is 3. The summed E-state index contributed by atoms with van der Waals surface area (Å²) in [5, 5.41) is 22.0. The molecular weight excluding hydrogens is 435 g/mol. The number of carbonyl (C=O) groups excluding carboxylic acids is 1. The Morgan fingerprint density at radius 2 is 2.00 bits per heavy atom. The van der Waals surface area contributed by atoms with E-state index in [9.17, 15) is 28.2 Å². The van der Waals surface area contributed by atoms with Crippen molar-refractivity contribution >= 4 is 17.2 Å². The number of nitrogens with two attached hydrogens (primary N) is 1. The van der Waals surface area contributed by atoms with Gasteiger partial charge in [-0.3, -0.25) is 9.78 Å². The lowest BCUT2D eigenvalue weighted by Crippen LogP contribution is -2.30. The van der Waals surface area contributed by atoms with Crippen LogP contribution in [0.15, 0.2) is 30.5 Å². The van der Waals surface area contributed by atoms with Gasteiger partial charge in [0.25, 0.3) is 5.91 Å². The van der Waals surface area contributed by atoms with Gasteiger partial charge in [0.05, 0.1) is 46.8 Å². The molecule has 0 aliphatic rings. The highest BCUT2D eigenvalue weighted by molar-refractivity contribution is 7.11. The predicted molar refractivity (Wildman–Crippen MR) is 107 cm³/mol. The fourth-order valence-electron chi connectivity index (χ4n) is 2.86. The summed E-state index contributed by atoms with van der Waals surface area (Å²) in [5.74, 6) is -0.470. The minimum atomic E-state index is -4.48. The van der Waals surface area contributed by atoms with E-state index in [4.69, 9.17) is 5.73 Å². The molecule has 1 atom stereocenters. The molecule has 0 bridgehead atoms. The summed E-state index contributed by atoms with van der Waals surface area (Å²) >= 11 is 1.17. The minimum absolute atomic E-state index is 0.181. The Hall–Kier alpha value is -2.80. The molecule has 0 aliphatic carbocycles. The minimum Gasteiger partial charge on any atom is -0.391 e. The van der Waals surface area contributed by atoms with Gasteiger partial charge in [-0.2, -0.15) is 13.2 Å². The van der Waals surface area contributed by atoms with E-state index in [1.807, 2.05) is 0 Å². The van der Waals surface area contributed by atoms with Crippen LogP contribution in [0.2, 0.25) is 0 Å². The smallest absolute Gasteiger partial charge is 0.391 e. The molecule has 3 aromatic heterocycles. The lowest BCUT2D eigenvalue weighted by molar-refractivity contribution is -0.137. The standard InChI is InChI=1S/C19H20F3N5O3S/c20-19(21,22)10-1-2-11(24-7-10)12-3-4-13(25-12)17(30)26-14(5-6-23)18-27-15(8-28)16(9-29)31-18/h1-4,7,14,25,28-29H,5-6,8-9,23H2,(H,26,30). The van der Waals surface area contributed by atoms with Gasteiger partial charge in [0, 0.05) is 6.20 Å². The van der Waals surface area contributed by atoms with Crippen molar-refractivity contribution in [1.29, 1.82) is 0 Å². The Labute approximate surface area is 179 Å². The van der Waals surface area contributed by atoms with Gasteiger partial charge < -0.3 is 26.2 Å². The van der Waals surface area contributed by atoms with Crippen molar-refractivity contribution < 1.29 is 28.2 Å². The van der Waals surface area contributed by atoms with Crippen molar-refractivity contribution in [2.45, 2.75) is 31.9 Å². The monoisotopic (exact) mass is 455 g/mol. The Kier molecular flexibility index (Phi) is 7.05. The third kappa shape index (κ3) is 5.28. The number of aliphatic hydroxyl groups excluding tert-OH is 2. The summed E-state index contributed by atoms with van der Waals surface area (Å²) in [4.78, 5) is 24.1. The first kappa shape index (κ1) is 22.9. The Bertz CT molecular complexity index is 1010. The van der Waals surface area contributed by atoms with Crippen LogP contribution >= 0.6 is 11.3 Å². The second-order valence-electron chi connectivity index (χ2n) is 6.56. The number of hydrogen-bond acceptors (Lipinski definition) is 7. The van der Waals surface area contributed by atoms with E-state index >= 15 is 0 Å². The van der Waals surface area contributed by atoms with Crippen LogP contribution in [-0.2, 0) is 19.4 Å². The molecule has 166 valence electrons. The van der Waals surface area contributed by atoms with E-state index in [2.05, 4.69) is 20.3 Å². The van der Waals surface area contributed by atoms with E-state index in [0.717, 1.165) is 12.3 Å². The second-order valence-corrected chi connectivity index (χ2v) is 7.67. The number of thiazole rings is 1. The van der Waals surface area contributed by atoms with Gasteiger partial charge in [-0.05, 0) is 37.2 Å². The largest absolute Gasteiger partial charge is 0.417 e. The summed E-state index contributed by atoms with van der Waals surface area (Å²) in [6.45, 7) is -0.355. The third-order valence-corrected chi connectivity index (χ3v) is 5.64. The molecule has 0 aliphatic heterocycles. The van der Waals surface area contributed by atoms with Crippen LogP contribution in [0.25, 0.3) is 11.4 Å². The molecule has 0 radical (unpaired) electrons. The first-order chi connectivity index (χ1) is 14.8. The van der Waals surface area contributed by atoms with E-state index < -0.39 is 23.7 Å². The lowest BCUT2D eigenvalue weighted by Gasteiger charge is -2.15. The van der Waals surface area contributed by atoms with Crippen LogP contribution in [0.3, 0.4) is 0 Å². The van der Waals surface area contributed by atoms with Crippen LogP contribution in [0, 0.1) is 0 Å². The summed E-state index contributed by atoms with van der Waals surface area (Å²) in [5.41, 5.74) is 5.94. The molecule has 1 amide bonds. The molecule has 31 heavy (non-hydrogen) atoms. The number of nitrogens with zero attached hydrogens (tertiary/aromatic N) is 2. The predicted octanol–water partition coefficient (Wildman–Crippen LogP) is 2.36. The van der Waals surface area contributed by atoms with Crippen molar-refractivity contribution in [1.82, 2.24) is 20.3 Å². The quantitative estimate of drug-likeness (QED) is 0.354. The van der Waals surface area contributed by atoms with Gasteiger partial charge in [0.15, 0.2) is 0 Å². The van der Waals surface area contributed by atoms with Crippen LogP contribution in [0.5, 0.6) is 0 Å². The highest BCUT2D eigenvalue weighted by Crippen LogP contribution is 2.30. The van der Waals surface area contributed by atoms with Crippen LogP contribution in [0.4, 0.5) is 13.2 Å². The molecule has 0 fully saturated rings. The molecule has 0 saturated carbocycles. The maximum absolute atomic E-state index is 12.7. The van der Waals surface area contributed by atoms with Crippen molar-refractivity contribution in [2.75, 3.05) is 6.54 Å². The number of carbonyl (C=O) groups is 1. The number of aliphatic hydroxyl groups is 2. The van der Waals surface area contributed by atoms with E-state index in [0.29, 0.717) is 27.7 Å². The Morgan fingerprint density at radius 3 is 2.55 bits per heavy atom. The maximum atomic E-state index is 12.7. The van der Waals surface area contributed by atoms with Gasteiger partial charge in [0.1, 0.15) is 10.7 Å². The normalized spacial score (nSPS) is 12.7. The average molecular weight is 455 g/mol. The zero-order chi connectivity index (χ0) is 22.6. The molecule has 6 N–H and O–H groups in total. The van der Waals surface area contributed by atoms with Crippen molar-refractivity contribution in [3.05, 3.63) is 57.3 Å². The first-order valence-electron chi connectivity index (χ1n) is 9.20. The molecule has 12 heteroatoms. The molecule has 3 rings (SSSR count). The first-order valence-corrected chi connectivity index (χ1v) is 10.0. The summed E-state index contributed by atoms with van der Waals surface area (Å²) in [6.07, 6.45) is -3.37. The van der Waals surface area contributed by atoms with Gasteiger partial charge >= 0.3 is 6.18 Å². The molecule has 3 aromatic rings. The lowest BCUT2D eigenvalue weighted by atomic mass is 10.2. The summed E-state index contributed by atoms with van der Waals surface area (Å²) < 4.78 is 38.1. The number of rotatable bonds is 8. The Balaban J connectivity index is 1.76. The van der Waals surface area contributed by atoms with Crippen molar-refractivity contribution in [2.24, 2.45) is 5.73 Å². The zero-order valence-corrected chi connectivity index (χ0v) is 16.9. The number of aromatic nitrogens is 3. The third-order valence-electron chi connectivity index (χ3n) is 4.44. The number of pyridine rings is 1. The molecule has 0 saturated heterocycles. The highest BCUT2D eigenvalue weighted by atomic mass is 32.1. The Morgan fingerprint density at radius 1 is 1.23 bits per heavy atom. The molecule has 3 heterocycles. The van der Waals surface area contributed by atoms with Gasteiger partial charge in [0.2, 0.25) is 0 Å². The average Bonchev–Trinajstić information content (AvgIpc) is 3.40. The van der Waals surface area contributed by atoms with Gasteiger partial charge in [-0.15, -0.1) is 11.3 Å². The van der Waals surface area contributed by atoms with Gasteiger partial charge in [-0.1, -0.05) is 0 Å². The zero-order valence-electron chi connectivity index (χ0n) is 16.1. The highest BCUT2D eigenvalue weighted by Gasteiger charge is 2.30. The SMILES string of the molecule is NCCC(NC(=O)c1ccc(-c2ccc(C(F)(F)F)cn2)[nH]1)c1nc(CO)c(CO)s1. The number of hydrogen-bond donors (Lipinski definition) is 5. The molecule has 0 aromatic carbocycles. The number of alkyl halides is 3. The topological polar surface area (TPSA) is 137 Å². The van der Waals surface area contributed by atoms with Crippen molar-refractivity contribution in [3.63, 3.8) is 0 Å². The van der Waals surface area contributed by atoms with Crippen molar-refractivity contribution in [3.8, 4) is 11.4 Å². The van der Waals surface area contributed by atoms with Crippen LogP contribution < -0.4 is 11.1 Å². The molecule has 0 spiro atoms. The second kappa shape index (κ2) is 9.56. The fourth-order valence-corrected chi connectivity index (χ4v) is 3.88. The van der Waals surface area contributed by atoms with E-state index in [-0.39, 0.29) is 31.1 Å².